The fourth-order valence-corrected chi connectivity index (χ4v) is 4.13. The Labute approximate surface area is 199 Å². The quantitative estimate of drug-likeness (QED) is 0.403. The summed E-state index contributed by atoms with van der Waals surface area (Å²) in [7, 11) is 0. The summed E-state index contributed by atoms with van der Waals surface area (Å²) in [5.74, 6) is 0.235. The number of hydrogen-bond donors (Lipinski definition) is 3. The zero-order valence-corrected chi connectivity index (χ0v) is 20.1. The van der Waals surface area contributed by atoms with E-state index in [2.05, 4.69) is 86.5 Å². The Morgan fingerprint density at radius 2 is 1.85 bits per heavy atom. The van der Waals surface area contributed by atoms with Crippen LogP contribution in [0.3, 0.4) is 0 Å². The molecule has 1 aliphatic heterocycles. The van der Waals surface area contributed by atoms with E-state index in [1.165, 1.54) is 17.6 Å². The number of nitrogens with one attached hydrogen (secondary N) is 1. The van der Waals surface area contributed by atoms with Crippen molar-refractivity contribution >= 4 is 11.1 Å². The van der Waals surface area contributed by atoms with Gasteiger partial charge in [0.2, 0.25) is 0 Å². The van der Waals surface area contributed by atoms with E-state index in [0.717, 1.165) is 46.5 Å². The molecule has 2 unspecified atom stereocenters. The predicted octanol–water partition coefficient (Wildman–Crippen LogP) is 6.18. The van der Waals surface area contributed by atoms with Gasteiger partial charge in [-0.25, -0.2) is 0 Å². The van der Waals surface area contributed by atoms with E-state index >= 15 is 0 Å². The first-order chi connectivity index (χ1) is 15.9. The van der Waals surface area contributed by atoms with Gasteiger partial charge in [0.05, 0.1) is 0 Å². The fourth-order valence-electron chi connectivity index (χ4n) is 4.13. The molecule has 0 radical (unpaired) electrons. The molecule has 0 bridgehead atoms. The molecule has 0 saturated carbocycles. The van der Waals surface area contributed by atoms with Gasteiger partial charge in [-0.2, -0.15) is 0 Å². The normalized spacial score (nSPS) is 20.7. The van der Waals surface area contributed by atoms with Crippen molar-refractivity contribution in [1.29, 1.82) is 0 Å². The van der Waals surface area contributed by atoms with Gasteiger partial charge in [0.1, 0.15) is 0 Å². The second-order valence-corrected chi connectivity index (χ2v) is 8.77. The molecule has 1 aromatic rings. The van der Waals surface area contributed by atoms with Gasteiger partial charge in [0.15, 0.2) is 0 Å². The maximum Gasteiger partial charge on any atom is 0.0312 e. The SMILES string of the molecule is C=C(/C=C(/C=C\C1CCN1)C(C)C1=C(N)C=CC1)c1ccc(C(/C=C(\C)C=CC)=C/N)cc1. The van der Waals surface area contributed by atoms with Gasteiger partial charge in [0, 0.05) is 23.9 Å². The standard InChI is InChI=1S/C30H37N3/c1-5-7-21(2)18-27(20-31)25-12-10-24(11-13-25)22(3)19-26(14-15-28-16-17-33-28)23(4)29-8-6-9-30(29)32/h5-7,9-15,18-20,23,28,33H,3,8,16-17,31-32H2,1-2,4H3/b7-5?,15-14-,21-18+,26-19-,27-20+. The van der Waals surface area contributed by atoms with Gasteiger partial charge in [-0.15, -0.1) is 0 Å². The highest BCUT2D eigenvalue weighted by molar-refractivity contribution is 5.78. The lowest BCUT2D eigenvalue weighted by Crippen LogP contribution is -2.41. The molecule has 2 atom stereocenters. The zero-order valence-electron chi connectivity index (χ0n) is 20.1. The second kappa shape index (κ2) is 11.5. The van der Waals surface area contributed by atoms with Crippen LogP contribution < -0.4 is 16.8 Å². The van der Waals surface area contributed by atoms with Crippen molar-refractivity contribution in [3.8, 4) is 0 Å². The highest BCUT2D eigenvalue weighted by Gasteiger charge is 2.18. The van der Waals surface area contributed by atoms with E-state index in [-0.39, 0.29) is 5.92 Å². The van der Waals surface area contributed by atoms with Crippen molar-refractivity contribution in [2.24, 2.45) is 17.4 Å². The lowest BCUT2D eigenvalue weighted by Gasteiger charge is -2.25. The number of rotatable bonds is 9. The summed E-state index contributed by atoms with van der Waals surface area (Å²) < 4.78 is 0. The van der Waals surface area contributed by atoms with Crippen LogP contribution in [0.15, 0.2) is 108 Å². The van der Waals surface area contributed by atoms with Gasteiger partial charge in [-0.05, 0) is 72.7 Å². The van der Waals surface area contributed by atoms with Crippen LogP contribution in [-0.2, 0) is 0 Å². The summed E-state index contributed by atoms with van der Waals surface area (Å²) in [4.78, 5) is 0. The average Bonchev–Trinajstić information content (AvgIpc) is 3.21. The Balaban J connectivity index is 1.84. The van der Waals surface area contributed by atoms with Crippen LogP contribution >= 0.6 is 0 Å². The number of nitrogens with two attached hydrogens (primary N) is 2. The number of benzene rings is 1. The minimum Gasteiger partial charge on any atom is -0.404 e. The Hall–Kier alpha value is -3.30. The summed E-state index contributed by atoms with van der Waals surface area (Å²) >= 11 is 0. The Kier molecular flexibility index (Phi) is 8.51. The molecule has 0 amide bonds. The maximum atomic E-state index is 6.25. The predicted molar refractivity (Wildman–Crippen MR) is 144 cm³/mol. The third-order valence-electron chi connectivity index (χ3n) is 6.33. The van der Waals surface area contributed by atoms with Crippen LogP contribution in [-0.4, -0.2) is 12.6 Å². The van der Waals surface area contributed by atoms with Crippen molar-refractivity contribution in [3.63, 3.8) is 0 Å². The zero-order chi connectivity index (χ0) is 23.8. The van der Waals surface area contributed by atoms with Crippen molar-refractivity contribution < 1.29 is 0 Å². The fraction of sp³-hybridized carbons (Fsp3) is 0.267. The van der Waals surface area contributed by atoms with Gasteiger partial charge in [0.25, 0.3) is 0 Å². The lowest BCUT2D eigenvalue weighted by molar-refractivity contribution is 0.436. The summed E-state index contributed by atoms with van der Waals surface area (Å²) in [5, 5.41) is 3.44. The van der Waals surface area contributed by atoms with Crippen LogP contribution in [0.4, 0.5) is 0 Å². The Morgan fingerprint density at radius 3 is 2.39 bits per heavy atom. The molecule has 1 saturated heterocycles. The molecule has 0 aromatic heterocycles. The molecule has 1 fully saturated rings. The summed E-state index contributed by atoms with van der Waals surface area (Å²) in [6.45, 7) is 11.8. The van der Waals surface area contributed by atoms with Crippen LogP contribution in [0.25, 0.3) is 11.1 Å². The van der Waals surface area contributed by atoms with E-state index < -0.39 is 0 Å². The van der Waals surface area contributed by atoms with Gasteiger partial charge < -0.3 is 16.8 Å². The monoisotopic (exact) mass is 439 g/mol. The molecule has 3 heteroatoms. The number of hydrogen-bond acceptors (Lipinski definition) is 3. The highest BCUT2D eigenvalue weighted by Crippen LogP contribution is 2.32. The molecule has 3 rings (SSSR count). The van der Waals surface area contributed by atoms with Crippen LogP contribution in [0.5, 0.6) is 0 Å². The molecule has 5 N–H and O–H groups in total. The van der Waals surface area contributed by atoms with Crippen molar-refractivity contribution in [2.75, 3.05) is 6.54 Å². The first-order valence-electron chi connectivity index (χ1n) is 11.7. The largest absolute Gasteiger partial charge is 0.404 e. The lowest BCUT2D eigenvalue weighted by atomic mass is 9.88. The van der Waals surface area contributed by atoms with Gasteiger partial charge in [-0.3, -0.25) is 0 Å². The molecule has 1 heterocycles. The smallest absolute Gasteiger partial charge is 0.0312 e. The molecule has 3 nitrogen and oxygen atoms in total. The summed E-state index contributed by atoms with van der Waals surface area (Å²) in [6.07, 6.45) is 20.8. The van der Waals surface area contributed by atoms with Crippen LogP contribution in [0.2, 0.25) is 0 Å². The molecule has 2 aliphatic rings. The molecule has 172 valence electrons. The van der Waals surface area contributed by atoms with Gasteiger partial charge in [-0.1, -0.05) is 85.9 Å². The molecular formula is C30H37N3. The number of allylic oxidation sites excluding steroid dienone is 12. The van der Waals surface area contributed by atoms with E-state index in [9.17, 15) is 0 Å². The van der Waals surface area contributed by atoms with Crippen molar-refractivity contribution in [2.45, 2.75) is 39.7 Å². The molecular weight excluding hydrogens is 402 g/mol. The minimum atomic E-state index is 0.235. The van der Waals surface area contributed by atoms with E-state index in [0.29, 0.717) is 6.04 Å². The van der Waals surface area contributed by atoms with E-state index in [1.54, 1.807) is 6.20 Å². The molecule has 0 spiro atoms. The third kappa shape index (κ3) is 6.36. The van der Waals surface area contributed by atoms with Crippen molar-refractivity contribution in [3.05, 3.63) is 119 Å². The average molecular weight is 440 g/mol. The van der Waals surface area contributed by atoms with E-state index in [4.69, 9.17) is 11.5 Å². The first-order valence-corrected chi connectivity index (χ1v) is 11.7. The Bertz CT molecular complexity index is 1070. The maximum absolute atomic E-state index is 6.25. The van der Waals surface area contributed by atoms with E-state index in [1.807, 2.05) is 19.1 Å². The third-order valence-corrected chi connectivity index (χ3v) is 6.33. The van der Waals surface area contributed by atoms with Gasteiger partial charge >= 0.3 is 0 Å². The summed E-state index contributed by atoms with van der Waals surface area (Å²) in [5.41, 5.74) is 20.9. The minimum absolute atomic E-state index is 0.235. The highest BCUT2D eigenvalue weighted by atomic mass is 15.0. The summed E-state index contributed by atoms with van der Waals surface area (Å²) in [6, 6.07) is 8.89. The Morgan fingerprint density at radius 1 is 1.15 bits per heavy atom. The van der Waals surface area contributed by atoms with Crippen LogP contribution in [0, 0.1) is 5.92 Å². The van der Waals surface area contributed by atoms with Crippen molar-refractivity contribution in [1.82, 2.24) is 5.32 Å². The molecule has 1 aliphatic carbocycles. The van der Waals surface area contributed by atoms with Crippen LogP contribution in [0.1, 0.15) is 44.7 Å². The molecule has 33 heavy (non-hydrogen) atoms. The topological polar surface area (TPSA) is 64.1 Å². The first kappa shape index (κ1) is 24.3. The second-order valence-electron chi connectivity index (χ2n) is 8.77. The molecule has 1 aromatic carbocycles.